The minimum atomic E-state index is -1.03. The Hall–Kier alpha value is -1.58. The zero-order chi connectivity index (χ0) is 12.4. The van der Waals surface area contributed by atoms with Crippen LogP contribution in [0.5, 0.6) is 0 Å². The number of nitrogens with zero attached hydrogens (tertiary/aromatic N) is 1. The third-order valence-electron chi connectivity index (χ3n) is 2.18. The Kier molecular flexibility index (Phi) is 3.31. The van der Waals surface area contributed by atoms with Crippen molar-refractivity contribution < 1.29 is 9.90 Å². The molecule has 0 radical (unpaired) electrons. The van der Waals surface area contributed by atoms with Crippen LogP contribution in [0.25, 0.3) is 17.0 Å². The van der Waals surface area contributed by atoms with E-state index in [4.69, 9.17) is 28.3 Å². The van der Waals surface area contributed by atoms with Crippen molar-refractivity contribution >= 4 is 46.2 Å². The van der Waals surface area contributed by atoms with Crippen molar-refractivity contribution in [3.63, 3.8) is 0 Å². The van der Waals surface area contributed by atoms with Crippen molar-refractivity contribution in [3.05, 3.63) is 46.1 Å². The monoisotopic (exact) mass is 267 g/mol. The average molecular weight is 268 g/mol. The van der Waals surface area contributed by atoms with E-state index in [0.29, 0.717) is 16.1 Å². The van der Waals surface area contributed by atoms with Gasteiger partial charge >= 0.3 is 5.97 Å². The average Bonchev–Trinajstić information content (AvgIpc) is 2.28. The second-order valence-electron chi connectivity index (χ2n) is 3.35. The molecule has 1 heterocycles. The summed E-state index contributed by atoms with van der Waals surface area (Å²) in [5.74, 6) is -1.03. The summed E-state index contributed by atoms with van der Waals surface area (Å²) >= 11 is 11.9. The van der Waals surface area contributed by atoms with Crippen molar-refractivity contribution in [2.45, 2.75) is 0 Å². The van der Waals surface area contributed by atoms with Gasteiger partial charge in [0.15, 0.2) is 0 Å². The molecular formula is C12H7Cl2NO2. The van der Waals surface area contributed by atoms with E-state index in [9.17, 15) is 4.79 Å². The molecule has 0 saturated carbocycles. The number of para-hydroxylation sites is 1. The summed E-state index contributed by atoms with van der Waals surface area (Å²) in [5.41, 5.74) is 1.15. The van der Waals surface area contributed by atoms with Crippen molar-refractivity contribution in [2.75, 3.05) is 0 Å². The van der Waals surface area contributed by atoms with Gasteiger partial charge in [-0.2, -0.15) is 0 Å². The first-order valence-corrected chi connectivity index (χ1v) is 5.49. The standard InChI is InChI=1S/C12H7Cl2NO2/c13-9-3-1-2-7-6-8(4-5-10(16)17)12(14)15-11(7)9/h1-6H,(H,16,17)/b5-4+. The first kappa shape index (κ1) is 11.9. The molecular weight excluding hydrogens is 261 g/mol. The maximum atomic E-state index is 10.4. The normalized spacial score (nSPS) is 11.2. The van der Waals surface area contributed by atoms with Crippen molar-refractivity contribution in [1.82, 2.24) is 4.98 Å². The predicted molar refractivity (Wildman–Crippen MR) is 68.4 cm³/mol. The summed E-state index contributed by atoms with van der Waals surface area (Å²) in [5, 5.41) is 10.1. The van der Waals surface area contributed by atoms with Crippen LogP contribution < -0.4 is 0 Å². The predicted octanol–water partition coefficient (Wildman–Crippen LogP) is 3.64. The van der Waals surface area contributed by atoms with Gasteiger partial charge in [-0.3, -0.25) is 0 Å². The molecule has 0 amide bonds. The van der Waals surface area contributed by atoms with Gasteiger partial charge in [0.2, 0.25) is 0 Å². The highest BCUT2D eigenvalue weighted by Gasteiger charge is 2.05. The molecule has 2 rings (SSSR count). The van der Waals surface area contributed by atoms with Gasteiger partial charge in [-0.25, -0.2) is 9.78 Å². The number of carboxylic acid groups (broad SMARTS) is 1. The van der Waals surface area contributed by atoms with Crippen LogP contribution in [0.3, 0.4) is 0 Å². The molecule has 17 heavy (non-hydrogen) atoms. The lowest BCUT2D eigenvalue weighted by atomic mass is 10.1. The molecule has 1 N–H and O–H groups in total. The highest BCUT2D eigenvalue weighted by molar-refractivity contribution is 6.36. The van der Waals surface area contributed by atoms with Crippen LogP contribution in [0.2, 0.25) is 10.2 Å². The third-order valence-corrected chi connectivity index (χ3v) is 2.79. The summed E-state index contributed by atoms with van der Waals surface area (Å²) in [6.07, 6.45) is 2.41. The number of aliphatic carboxylic acids is 1. The van der Waals surface area contributed by atoms with Crippen LogP contribution >= 0.6 is 23.2 Å². The lowest BCUT2D eigenvalue weighted by Gasteiger charge is -2.03. The van der Waals surface area contributed by atoms with E-state index in [1.54, 1.807) is 18.2 Å². The maximum absolute atomic E-state index is 10.4. The van der Waals surface area contributed by atoms with Crippen molar-refractivity contribution in [3.8, 4) is 0 Å². The first-order chi connectivity index (χ1) is 8.08. The summed E-state index contributed by atoms with van der Waals surface area (Å²) in [6, 6.07) is 7.10. The van der Waals surface area contributed by atoms with Gasteiger partial charge < -0.3 is 5.11 Å². The van der Waals surface area contributed by atoms with Gasteiger partial charge in [-0.05, 0) is 18.2 Å². The van der Waals surface area contributed by atoms with E-state index < -0.39 is 5.97 Å². The van der Waals surface area contributed by atoms with E-state index in [1.165, 1.54) is 6.08 Å². The molecule has 1 aromatic heterocycles. The molecule has 0 aliphatic heterocycles. The molecule has 0 aliphatic rings. The van der Waals surface area contributed by atoms with Crippen LogP contribution in [0.4, 0.5) is 0 Å². The van der Waals surface area contributed by atoms with Gasteiger partial charge in [0.1, 0.15) is 5.15 Å². The largest absolute Gasteiger partial charge is 0.478 e. The molecule has 2 aromatic rings. The molecule has 0 fully saturated rings. The molecule has 0 spiro atoms. The number of pyridine rings is 1. The Bertz CT molecular complexity index is 623. The second kappa shape index (κ2) is 4.73. The summed E-state index contributed by atoms with van der Waals surface area (Å²) in [6.45, 7) is 0. The van der Waals surface area contributed by atoms with Gasteiger partial charge in [-0.15, -0.1) is 0 Å². The molecule has 0 unspecified atom stereocenters. The number of hydrogen-bond donors (Lipinski definition) is 1. The zero-order valence-corrected chi connectivity index (χ0v) is 10.0. The van der Waals surface area contributed by atoms with E-state index in [0.717, 1.165) is 11.5 Å². The van der Waals surface area contributed by atoms with Gasteiger partial charge in [0.25, 0.3) is 0 Å². The topological polar surface area (TPSA) is 50.2 Å². The highest BCUT2D eigenvalue weighted by atomic mass is 35.5. The third kappa shape index (κ3) is 2.57. The molecule has 5 heteroatoms. The molecule has 0 aliphatic carbocycles. The number of carboxylic acids is 1. The number of aromatic nitrogens is 1. The molecule has 1 aromatic carbocycles. The van der Waals surface area contributed by atoms with Crippen molar-refractivity contribution in [1.29, 1.82) is 0 Å². The molecule has 86 valence electrons. The molecule has 0 bridgehead atoms. The van der Waals surface area contributed by atoms with E-state index in [-0.39, 0.29) is 5.15 Å². The van der Waals surface area contributed by atoms with Crippen LogP contribution in [-0.2, 0) is 4.79 Å². The maximum Gasteiger partial charge on any atom is 0.328 e. The summed E-state index contributed by atoms with van der Waals surface area (Å²) in [7, 11) is 0. The fraction of sp³-hybridized carbons (Fsp3) is 0. The van der Waals surface area contributed by atoms with Crippen LogP contribution in [0.15, 0.2) is 30.3 Å². The van der Waals surface area contributed by atoms with E-state index in [1.807, 2.05) is 6.07 Å². The Morgan fingerprint density at radius 1 is 1.35 bits per heavy atom. The first-order valence-electron chi connectivity index (χ1n) is 4.73. The van der Waals surface area contributed by atoms with E-state index >= 15 is 0 Å². The number of halogens is 2. The summed E-state index contributed by atoms with van der Waals surface area (Å²) in [4.78, 5) is 14.6. The molecule has 0 atom stereocenters. The van der Waals surface area contributed by atoms with Crippen LogP contribution in [0, 0.1) is 0 Å². The Morgan fingerprint density at radius 2 is 2.12 bits per heavy atom. The molecule has 0 saturated heterocycles. The lowest BCUT2D eigenvalue weighted by molar-refractivity contribution is -0.131. The highest BCUT2D eigenvalue weighted by Crippen LogP contribution is 2.26. The zero-order valence-electron chi connectivity index (χ0n) is 8.52. The Balaban J connectivity index is 2.60. The lowest BCUT2D eigenvalue weighted by Crippen LogP contribution is -1.88. The number of rotatable bonds is 2. The minimum absolute atomic E-state index is 0.225. The number of hydrogen-bond acceptors (Lipinski definition) is 2. The second-order valence-corrected chi connectivity index (χ2v) is 4.12. The van der Waals surface area contributed by atoms with Gasteiger partial charge in [0.05, 0.1) is 10.5 Å². The van der Waals surface area contributed by atoms with Gasteiger partial charge in [-0.1, -0.05) is 35.3 Å². The SMILES string of the molecule is O=C(O)/C=C/c1cc2cccc(Cl)c2nc1Cl. The fourth-order valence-electron chi connectivity index (χ4n) is 1.43. The van der Waals surface area contributed by atoms with E-state index in [2.05, 4.69) is 4.98 Å². The smallest absolute Gasteiger partial charge is 0.328 e. The van der Waals surface area contributed by atoms with Crippen LogP contribution in [0.1, 0.15) is 5.56 Å². The minimum Gasteiger partial charge on any atom is -0.478 e. The fourth-order valence-corrected chi connectivity index (χ4v) is 1.86. The Morgan fingerprint density at radius 3 is 2.82 bits per heavy atom. The number of benzene rings is 1. The van der Waals surface area contributed by atoms with Gasteiger partial charge in [0, 0.05) is 17.0 Å². The molecule has 3 nitrogen and oxygen atoms in total. The quantitative estimate of drug-likeness (QED) is 0.668. The van der Waals surface area contributed by atoms with Crippen molar-refractivity contribution in [2.24, 2.45) is 0 Å². The van der Waals surface area contributed by atoms with Crippen LogP contribution in [-0.4, -0.2) is 16.1 Å². The Labute approximate surface area is 107 Å². The summed E-state index contributed by atoms with van der Waals surface area (Å²) < 4.78 is 0. The number of fused-ring (bicyclic) bond motifs is 1. The number of carbonyl (C=O) groups is 1.